The van der Waals surface area contributed by atoms with Crippen molar-refractivity contribution in [1.82, 2.24) is 15.3 Å². The Balaban J connectivity index is 1.66. The molecule has 14 nitrogen and oxygen atoms in total. The van der Waals surface area contributed by atoms with E-state index in [4.69, 9.17) is 25.0 Å². The van der Waals surface area contributed by atoms with Gasteiger partial charge in [-0.05, 0) is 67.3 Å². The van der Waals surface area contributed by atoms with E-state index in [9.17, 15) is 24.3 Å². The topological polar surface area (TPSA) is 220 Å². The van der Waals surface area contributed by atoms with Gasteiger partial charge in [0.05, 0.1) is 19.3 Å². The molecule has 47 heavy (non-hydrogen) atoms. The van der Waals surface area contributed by atoms with Gasteiger partial charge >= 0.3 is 11.9 Å². The number of rotatable bonds is 13. The number of carbonyl (C=O) groups is 4. The molecule has 2 heterocycles. The number of amidine groups is 1. The van der Waals surface area contributed by atoms with E-state index >= 15 is 0 Å². The minimum absolute atomic E-state index is 0.0233. The third kappa shape index (κ3) is 8.16. The predicted molar refractivity (Wildman–Crippen MR) is 171 cm³/mol. The molecule has 0 spiro atoms. The monoisotopic (exact) mass is 642 g/mol. The highest BCUT2D eigenvalue weighted by atomic mass is 16.5. The number of carboxylic acids is 1. The number of anilines is 1. The summed E-state index contributed by atoms with van der Waals surface area (Å²) in [6.45, 7) is 5.69. The van der Waals surface area contributed by atoms with E-state index in [1.54, 1.807) is 31.2 Å². The van der Waals surface area contributed by atoms with Gasteiger partial charge in [-0.1, -0.05) is 19.9 Å². The Morgan fingerprint density at radius 2 is 1.66 bits per heavy atom. The van der Waals surface area contributed by atoms with Crippen LogP contribution >= 0.6 is 0 Å². The standard InChI is InChI=1S/C33H34N6O8/c1-5-46-33(44)25-16-47-31(38-25)24(14-17(2)3)37-29(40)19-8-11-21(23(15-19)32(42)43)22-12-13-26(45-4)39-27(22)30(41)36-20-9-6-18(7-10-20)28(34)35/h6-13,15-17,24H,5,14H2,1-4H3,(H3,34,35)(H,36,41)(H,37,40)(H,42,43)/t24-/m0/s1. The number of amides is 2. The number of ether oxygens (including phenoxy) is 2. The lowest BCUT2D eigenvalue weighted by Crippen LogP contribution is -2.30. The molecule has 4 aromatic rings. The number of pyridine rings is 1. The summed E-state index contributed by atoms with van der Waals surface area (Å²) in [4.78, 5) is 59.9. The van der Waals surface area contributed by atoms with Gasteiger partial charge in [-0.15, -0.1) is 0 Å². The summed E-state index contributed by atoms with van der Waals surface area (Å²) in [5, 5.41) is 23.2. The molecule has 2 aromatic heterocycles. The van der Waals surface area contributed by atoms with Gasteiger partial charge in [-0.3, -0.25) is 15.0 Å². The fourth-order valence-corrected chi connectivity index (χ4v) is 4.65. The van der Waals surface area contributed by atoms with Crippen LogP contribution in [0.15, 0.2) is 65.3 Å². The summed E-state index contributed by atoms with van der Waals surface area (Å²) < 4.78 is 15.7. The maximum Gasteiger partial charge on any atom is 0.360 e. The van der Waals surface area contributed by atoms with Crippen molar-refractivity contribution in [3.8, 4) is 17.0 Å². The van der Waals surface area contributed by atoms with Crippen molar-refractivity contribution in [2.45, 2.75) is 33.2 Å². The second-order valence-electron chi connectivity index (χ2n) is 10.7. The Morgan fingerprint density at radius 1 is 0.979 bits per heavy atom. The maximum absolute atomic E-state index is 13.4. The zero-order chi connectivity index (χ0) is 34.2. The van der Waals surface area contributed by atoms with Crippen LogP contribution in [-0.4, -0.2) is 58.4 Å². The molecule has 0 unspecified atom stereocenters. The van der Waals surface area contributed by atoms with Crippen molar-refractivity contribution >= 4 is 35.3 Å². The third-order valence-corrected chi connectivity index (χ3v) is 6.87. The lowest BCUT2D eigenvalue weighted by molar-refractivity contribution is 0.0518. The molecule has 0 radical (unpaired) electrons. The smallest absolute Gasteiger partial charge is 0.360 e. The number of carboxylic acid groups (broad SMARTS) is 1. The number of nitrogen functional groups attached to an aromatic ring is 1. The number of nitrogens with one attached hydrogen (secondary N) is 3. The van der Waals surface area contributed by atoms with E-state index in [0.717, 1.165) is 6.26 Å². The molecule has 0 aliphatic rings. The van der Waals surface area contributed by atoms with Crippen LogP contribution in [-0.2, 0) is 4.74 Å². The fraction of sp³-hybridized carbons (Fsp3) is 0.242. The van der Waals surface area contributed by atoms with Crippen molar-refractivity contribution in [3.05, 3.63) is 94.8 Å². The Labute approximate surface area is 269 Å². The van der Waals surface area contributed by atoms with E-state index in [0.29, 0.717) is 17.7 Å². The van der Waals surface area contributed by atoms with E-state index in [1.807, 2.05) is 13.8 Å². The third-order valence-electron chi connectivity index (χ3n) is 6.87. The molecular formula is C33H34N6O8. The van der Waals surface area contributed by atoms with Crippen LogP contribution in [0, 0.1) is 11.3 Å². The minimum atomic E-state index is -1.35. The molecule has 0 saturated heterocycles. The Hall–Kier alpha value is -6.05. The highest BCUT2D eigenvalue weighted by Gasteiger charge is 2.26. The number of nitrogens with two attached hydrogens (primary N) is 1. The molecule has 0 aliphatic heterocycles. The van der Waals surface area contributed by atoms with Crippen molar-refractivity contribution in [3.63, 3.8) is 0 Å². The van der Waals surface area contributed by atoms with Gasteiger partial charge < -0.3 is 35.4 Å². The predicted octanol–water partition coefficient (Wildman–Crippen LogP) is 4.67. The normalized spacial score (nSPS) is 11.4. The summed E-state index contributed by atoms with van der Waals surface area (Å²) in [5.74, 6) is -3.09. The zero-order valence-electron chi connectivity index (χ0n) is 26.1. The lowest BCUT2D eigenvalue weighted by Gasteiger charge is -2.18. The number of benzene rings is 2. The number of oxazole rings is 1. The first-order valence-corrected chi connectivity index (χ1v) is 14.5. The molecule has 244 valence electrons. The zero-order valence-corrected chi connectivity index (χ0v) is 26.1. The molecule has 6 N–H and O–H groups in total. The first-order chi connectivity index (χ1) is 22.4. The molecule has 14 heteroatoms. The van der Waals surface area contributed by atoms with Crippen molar-refractivity contribution in [1.29, 1.82) is 5.41 Å². The fourth-order valence-electron chi connectivity index (χ4n) is 4.65. The Bertz CT molecular complexity index is 1820. The largest absolute Gasteiger partial charge is 0.481 e. The van der Waals surface area contributed by atoms with E-state index in [1.165, 1.54) is 37.4 Å². The highest BCUT2D eigenvalue weighted by molar-refractivity contribution is 6.10. The van der Waals surface area contributed by atoms with Crippen LogP contribution in [0.4, 0.5) is 5.69 Å². The van der Waals surface area contributed by atoms with Crippen LogP contribution in [0.2, 0.25) is 0 Å². The van der Waals surface area contributed by atoms with E-state index in [-0.39, 0.29) is 63.8 Å². The molecule has 4 rings (SSSR count). The quantitative estimate of drug-likeness (QED) is 0.0766. The second kappa shape index (κ2) is 14.8. The summed E-state index contributed by atoms with van der Waals surface area (Å²) in [5.41, 5.74) is 6.27. The van der Waals surface area contributed by atoms with Crippen LogP contribution in [0.25, 0.3) is 11.1 Å². The van der Waals surface area contributed by atoms with Gasteiger partial charge in [-0.25, -0.2) is 19.6 Å². The first kappa shape index (κ1) is 33.8. The summed E-state index contributed by atoms with van der Waals surface area (Å²) in [7, 11) is 1.38. The van der Waals surface area contributed by atoms with Crippen molar-refractivity contribution in [2.24, 2.45) is 11.7 Å². The number of aromatic nitrogens is 2. The number of aromatic carboxylic acids is 1. The van der Waals surface area contributed by atoms with Crippen molar-refractivity contribution < 1.29 is 38.2 Å². The number of methoxy groups -OCH3 is 1. The number of carbonyl (C=O) groups excluding carboxylic acids is 3. The van der Waals surface area contributed by atoms with Gasteiger partial charge in [0.15, 0.2) is 5.69 Å². The van der Waals surface area contributed by atoms with Gasteiger partial charge in [0.2, 0.25) is 11.8 Å². The second-order valence-corrected chi connectivity index (χ2v) is 10.7. The number of hydrogen-bond donors (Lipinski definition) is 5. The van der Waals surface area contributed by atoms with E-state index < -0.39 is 29.8 Å². The summed E-state index contributed by atoms with van der Waals surface area (Å²) >= 11 is 0. The molecule has 0 fully saturated rings. The average Bonchev–Trinajstić information content (AvgIpc) is 3.55. The molecular weight excluding hydrogens is 608 g/mol. The Kier molecular flexibility index (Phi) is 10.7. The van der Waals surface area contributed by atoms with Crippen LogP contribution < -0.4 is 21.1 Å². The van der Waals surface area contributed by atoms with Gasteiger partial charge in [0, 0.05) is 28.4 Å². The van der Waals surface area contributed by atoms with Crippen LogP contribution in [0.1, 0.15) is 86.4 Å². The molecule has 0 aliphatic carbocycles. The molecule has 2 aromatic carbocycles. The summed E-state index contributed by atoms with van der Waals surface area (Å²) in [6, 6.07) is 12.6. The minimum Gasteiger partial charge on any atom is -0.481 e. The highest BCUT2D eigenvalue weighted by Crippen LogP contribution is 2.30. The van der Waals surface area contributed by atoms with Crippen molar-refractivity contribution in [2.75, 3.05) is 19.0 Å². The molecule has 2 amide bonds. The molecule has 0 bridgehead atoms. The number of esters is 1. The average molecular weight is 643 g/mol. The lowest BCUT2D eigenvalue weighted by atomic mass is 9.95. The number of hydrogen-bond acceptors (Lipinski definition) is 10. The van der Waals surface area contributed by atoms with Gasteiger partial charge in [-0.2, -0.15) is 0 Å². The SMILES string of the molecule is CCOC(=O)c1coc([C@H](CC(C)C)NC(=O)c2ccc(-c3ccc(OC)nc3C(=O)Nc3ccc(C(=N)N)cc3)c(C(=O)O)c2)n1. The van der Waals surface area contributed by atoms with Crippen LogP contribution in [0.5, 0.6) is 5.88 Å². The summed E-state index contributed by atoms with van der Waals surface area (Å²) in [6.07, 6.45) is 1.56. The maximum atomic E-state index is 13.4. The molecule has 1 atom stereocenters. The molecule has 0 saturated carbocycles. The Morgan fingerprint density at radius 3 is 2.28 bits per heavy atom. The van der Waals surface area contributed by atoms with Gasteiger partial charge in [0.1, 0.15) is 23.8 Å². The van der Waals surface area contributed by atoms with E-state index in [2.05, 4.69) is 20.6 Å². The first-order valence-electron chi connectivity index (χ1n) is 14.5. The van der Waals surface area contributed by atoms with Crippen LogP contribution in [0.3, 0.4) is 0 Å². The number of nitrogens with zero attached hydrogens (tertiary/aromatic N) is 2. The van der Waals surface area contributed by atoms with Gasteiger partial charge in [0.25, 0.3) is 11.8 Å².